The van der Waals surface area contributed by atoms with Crippen LogP contribution in [-0.2, 0) is 16.2 Å². The van der Waals surface area contributed by atoms with Gasteiger partial charge in [0.15, 0.2) is 0 Å². The van der Waals surface area contributed by atoms with Crippen LogP contribution in [0.25, 0.3) is 61.0 Å². The van der Waals surface area contributed by atoms with E-state index in [-0.39, 0.29) is 16.2 Å². The molecule has 0 saturated carbocycles. The maximum atomic E-state index is 7.08. The Bertz CT molecular complexity index is 3590. The maximum absolute atomic E-state index is 7.08. The normalized spacial score (nSPS) is 13.0. The molecule has 71 heavy (non-hydrogen) atoms. The van der Waals surface area contributed by atoms with Crippen molar-refractivity contribution >= 4 is 44.6 Å². The van der Waals surface area contributed by atoms with Crippen LogP contribution in [0, 0.1) is 0 Å². The Hall–Kier alpha value is -7.89. The van der Waals surface area contributed by atoms with Crippen molar-refractivity contribution in [3.63, 3.8) is 0 Å². The van der Waals surface area contributed by atoms with Gasteiger partial charge in [-0.25, -0.2) is 4.98 Å². The summed E-state index contributed by atoms with van der Waals surface area (Å²) in [6.45, 7) is 21.1. The monoisotopic (exact) mass is 926 g/mol. The SMILES string of the molecule is CC(C)(C)c1ccc(-c2cccc(-c3ccccc3)c2N2CN(c3cc(Oc4ccc5c6ccccc6n(-c6cc(C(C)(C)C)c(-c7ccccc7)cn6)c5c4)cc(C(C)(C)C)c3)c3ccccc32)cc1. The summed E-state index contributed by atoms with van der Waals surface area (Å²) >= 11 is 0. The van der Waals surface area contributed by atoms with Crippen LogP contribution in [0.3, 0.4) is 0 Å². The van der Waals surface area contributed by atoms with E-state index in [0.717, 1.165) is 56.4 Å². The molecule has 3 heterocycles. The molecule has 5 heteroatoms. The van der Waals surface area contributed by atoms with Crippen LogP contribution in [0.2, 0.25) is 0 Å². The highest BCUT2D eigenvalue weighted by Crippen LogP contribution is 2.51. The molecule has 1 aliphatic heterocycles. The molecule has 0 N–H and O–H groups in total. The van der Waals surface area contributed by atoms with Gasteiger partial charge in [0.1, 0.15) is 24.0 Å². The first kappa shape index (κ1) is 45.5. The van der Waals surface area contributed by atoms with E-state index in [2.05, 4.69) is 277 Å². The molecule has 2 aromatic heterocycles. The Balaban J connectivity index is 1.01. The minimum absolute atomic E-state index is 0.0579. The molecule has 0 bridgehead atoms. The molecule has 11 rings (SSSR count). The number of rotatable bonds is 8. The Morgan fingerprint density at radius 1 is 0.423 bits per heavy atom. The van der Waals surface area contributed by atoms with Crippen molar-refractivity contribution < 1.29 is 4.74 Å². The van der Waals surface area contributed by atoms with E-state index in [4.69, 9.17) is 9.72 Å². The maximum Gasteiger partial charge on any atom is 0.137 e. The number of nitrogens with zero attached hydrogens (tertiary/aromatic N) is 4. The second kappa shape index (κ2) is 17.5. The molecule has 0 saturated heterocycles. The molecule has 0 atom stereocenters. The van der Waals surface area contributed by atoms with Gasteiger partial charge in [0.25, 0.3) is 0 Å². The molecule has 10 aromatic rings. The van der Waals surface area contributed by atoms with Crippen LogP contribution >= 0.6 is 0 Å². The van der Waals surface area contributed by atoms with Crippen LogP contribution in [-0.4, -0.2) is 16.2 Å². The van der Waals surface area contributed by atoms with Crippen molar-refractivity contribution in [3.05, 3.63) is 217 Å². The van der Waals surface area contributed by atoms with Crippen LogP contribution in [0.5, 0.6) is 11.5 Å². The van der Waals surface area contributed by atoms with Gasteiger partial charge in [-0.2, -0.15) is 0 Å². The number of hydrogen-bond acceptors (Lipinski definition) is 4. The fourth-order valence-corrected chi connectivity index (χ4v) is 10.4. The van der Waals surface area contributed by atoms with Gasteiger partial charge in [-0.1, -0.05) is 196 Å². The van der Waals surface area contributed by atoms with Crippen molar-refractivity contribution in [2.75, 3.05) is 16.5 Å². The highest BCUT2D eigenvalue weighted by molar-refractivity contribution is 6.09. The number of anilines is 4. The van der Waals surface area contributed by atoms with Gasteiger partial charge in [-0.05, 0) is 98.2 Å². The molecule has 0 spiro atoms. The number of aromatic nitrogens is 2. The molecule has 0 radical (unpaired) electrons. The third kappa shape index (κ3) is 8.54. The average molecular weight is 927 g/mol. The van der Waals surface area contributed by atoms with Crippen molar-refractivity contribution in [1.82, 2.24) is 9.55 Å². The lowest BCUT2D eigenvalue weighted by Crippen LogP contribution is -2.25. The van der Waals surface area contributed by atoms with E-state index >= 15 is 0 Å². The Kier molecular flexibility index (Phi) is 11.2. The fourth-order valence-electron chi connectivity index (χ4n) is 10.4. The minimum atomic E-state index is -0.155. The first-order valence-electron chi connectivity index (χ1n) is 25.0. The molecule has 5 nitrogen and oxygen atoms in total. The van der Waals surface area contributed by atoms with Crippen LogP contribution < -0.4 is 14.5 Å². The van der Waals surface area contributed by atoms with E-state index < -0.39 is 0 Å². The molecule has 0 aliphatic carbocycles. The lowest BCUT2D eigenvalue weighted by atomic mass is 9.82. The Morgan fingerprint density at radius 2 is 1.00 bits per heavy atom. The zero-order chi connectivity index (χ0) is 49.2. The number of pyridine rings is 1. The molecular weight excluding hydrogens is 865 g/mol. The Morgan fingerprint density at radius 3 is 1.65 bits per heavy atom. The predicted molar refractivity (Wildman–Crippen MR) is 300 cm³/mol. The Labute approximate surface area is 419 Å². The lowest BCUT2D eigenvalue weighted by molar-refractivity contribution is 0.479. The second-order valence-electron chi connectivity index (χ2n) is 22.2. The smallest absolute Gasteiger partial charge is 0.137 e. The van der Waals surface area contributed by atoms with E-state index in [9.17, 15) is 0 Å². The van der Waals surface area contributed by atoms with Gasteiger partial charge in [-0.3, -0.25) is 4.57 Å². The fraction of sp³-hybridized carbons (Fsp3) is 0.197. The van der Waals surface area contributed by atoms with Gasteiger partial charge in [0.05, 0.1) is 28.1 Å². The van der Waals surface area contributed by atoms with Crippen LogP contribution in [0.1, 0.15) is 79.0 Å². The molecule has 8 aromatic carbocycles. The van der Waals surface area contributed by atoms with Crippen molar-refractivity contribution in [2.45, 2.75) is 78.6 Å². The van der Waals surface area contributed by atoms with Gasteiger partial charge in [-0.15, -0.1) is 0 Å². The average Bonchev–Trinajstić information content (AvgIpc) is 3.92. The molecule has 0 fully saturated rings. The van der Waals surface area contributed by atoms with Crippen molar-refractivity contribution in [3.8, 4) is 50.7 Å². The molecular formula is C66H62N4O. The van der Waals surface area contributed by atoms with Gasteiger partial charge in [0, 0.05) is 51.5 Å². The molecule has 0 amide bonds. The van der Waals surface area contributed by atoms with Gasteiger partial charge < -0.3 is 14.5 Å². The summed E-state index contributed by atoms with van der Waals surface area (Å²) in [5.74, 6) is 2.43. The molecule has 1 aliphatic rings. The van der Waals surface area contributed by atoms with Crippen LogP contribution in [0.15, 0.2) is 200 Å². The van der Waals surface area contributed by atoms with Crippen LogP contribution in [0.4, 0.5) is 22.7 Å². The quantitative estimate of drug-likeness (QED) is 0.152. The van der Waals surface area contributed by atoms with Gasteiger partial charge >= 0.3 is 0 Å². The number of ether oxygens (including phenoxy) is 1. The molecule has 352 valence electrons. The third-order valence-corrected chi connectivity index (χ3v) is 14.2. The van der Waals surface area contributed by atoms with Crippen molar-refractivity contribution in [1.29, 1.82) is 0 Å². The summed E-state index contributed by atoms with van der Waals surface area (Å²) in [5, 5.41) is 2.32. The zero-order valence-corrected chi connectivity index (χ0v) is 42.5. The minimum Gasteiger partial charge on any atom is -0.457 e. The summed E-state index contributed by atoms with van der Waals surface area (Å²) < 4.78 is 9.38. The highest BCUT2D eigenvalue weighted by Gasteiger charge is 2.33. The number of hydrogen-bond donors (Lipinski definition) is 0. The number of fused-ring (bicyclic) bond motifs is 4. The summed E-state index contributed by atoms with van der Waals surface area (Å²) in [6, 6.07) is 70.3. The summed E-state index contributed by atoms with van der Waals surface area (Å²) in [5.41, 5.74) is 17.3. The summed E-state index contributed by atoms with van der Waals surface area (Å²) in [6.07, 6.45) is 2.05. The number of benzene rings is 8. The van der Waals surface area contributed by atoms with E-state index in [0.29, 0.717) is 6.67 Å². The van der Waals surface area contributed by atoms with E-state index in [1.54, 1.807) is 0 Å². The first-order valence-corrected chi connectivity index (χ1v) is 25.0. The van der Waals surface area contributed by atoms with Gasteiger partial charge in [0.2, 0.25) is 0 Å². The molecule has 0 unspecified atom stereocenters. The standard InChI is InChI=1S/C66H62N4O/c1-64(2,3)47-33-31-46(32-34-47)53-27-20-26-52(44-21-12-10-13-22-44)63(53)69-43-68(59-29-18-19-30-60(59)69)49-37-48(65(4,5)6)38-51(39-49)71-50-35-36-55-54-25-16-17-28-58(54)70(61(55)40-50)62-41-57(66(7,8)9)56(42-67-62)45-23-14-11-15-24-45/h10-42H,43H2,1-9H3. The van der Waals surface area contributed by atoms with E-state index in [1.807, 2.05) is 0 Å². The van der Waals surface area contributed by atoms with E-state index in [1.165, 1.54) is 55.6 Å². The largest absolute Gasteiger partial charge is 0.457 e. The first-order chi connectivity index (χ1) is 34.1. The summed E-state index contributed by atoms with van der Waals surface area (Å²) in [4.78, 5) is 10.2. The van der Waals surface area contributed by atoms with Crippen molar-refractivity contribution in [2.24, 2.45) is 0 Å². The third-order valence-electron chi connectivity index (χ3n) is 14.2. The summed E-state index contributed by atoms with van der Waals surface area (Å²) in [7, 11) is 0. The topological polar surface area (TPSA) is 33.5 Å². The highest BCUT2D eigenvalue weighted by atomic mass is 16.5. The zero-order valence-electron chi connectivity index (χ0n) is 42.5. The second-order valence-corrected chi connectivity index (χ2v) is 22.2. The predicted octanol–water partition coefficient (Wildman–Crippen LogP) is 18.1. The number of para-hydroxylation sites is 4. The lowest BCUT2D eigenvalue weighted by Gasteiger charge is -2.28.